The van der Waals surface area contributed by atoms with E-state index in [1.165, 1.54) is 54.9 Å². The summed E-state index contributed by atoms with van der Waals surface area (Å²) >= 11 is 0. The Morgan fingerprint density at radius 2 is 2.14 bits per heavy atom. The largest absolute Gasteiger partial charge is 0.310 e. The lowest BCUT2D eigenvalue weighted by Gasteiger charge is -2.25. The van der Waals surface area contributed by atoms with Crippen LogP contribution in [0.2, 0.25) is 0 Å². The number of hydrogen-bond donors (Lipinski definition) is 1. The molecular weight excluding hydrogens is 256 g/mol. The van der Waals surface area contributed by atoms with Crippen molar-refractivity contribution in [2.24, 2.45) is 5.92 Å². The molecule has 1 aliphatic rings. The molecule has 1 heterocycles. The fourth-order valence-electron chi connectivity index (χ4n) is 3.13. The molecule has 112 valence electrons. The van der Waals surface area contributed by atoms with E-state index < -0.39 is 0 Å². The number of hydrogen-bond acceptors (Lipinski definition) is 2. The van der Waals surface area contributed by atoms with Crippen LogP contribution in [0, 0.1) is 5.92 Å². The summed E-state index contributed by atoms with van der Waals surface area (Å²) in [4.78, 5) is 4.16. The van der Waals surface area contributed by atoms with Crippen LogP contribution >= 0.6 is 0 Å². The molecule has 1 atom stereocenters. The summed E-state index contributed by atoms with van der Waals surface area (Å²) in [6.07, 6.45) is 12.3. The van der Waals surface area contributed by atoms with Gasteiger partial charge in [-0.2, -0.15) is 0 Å². The number of nitrogens with one attached hydrogen (secondary N) is 1. The van der Waals surface area contributed by atoms with Gasteiger partial charge in [-0.15, -0.1) is 0 Å². The maximum absolute atomic E-state index is 4.16. The molecule has 0 radical (unpaired) electrons. The van der Waals surface area contributed by atoms with Crippen molar-refractivity contribution in [2.45, 2.75) is 58.0 Å². The number of nitrogens with zero attached hydrogens (tertiary/aromatic N) is 1. The fourth-order valence-corrected chi connectivity index (χ4v) is 3.13. The predicted molar refractivity (Wildman–Crippen MR) is 89.2 cm³/mol. The molecule has 1 aliphatic carbocycles. The minimum Gasteiger partial charge on any atom is -0.310 e. The Labute approximate surface area is 128 Å². The second kappa shape index (κ2) is 7.04. The van der Waals surface area contributed by atoms with E-state index >= 15 is 0 Å². The van der Waals surface area contributed by atoms with Gasteiger partial charge in [-0.3, -0.25) is 4.98 Å². The Kier molecular flexibility index (Phi) is 4.87. The van der Waals surface area contributed by atoms with Crippen LogP contribution in [-0.4, -0.2) is 11.0 Å². The molecule has 1 aromatic heterocycles. The van der Waals surface area contributed by atoms with Crippen LogP contribution in [0.5, 0.6) is 0 Å². The van der Waals surface area contributed by atoms with Crippen LogP contribution in [0.3, 0.4) is 0 Å². The number of pyridine rings is 1. The average molecular weight is 282 g/mol. The highest BCUT2D eigenvalue weighted by Gasteiger charge is 2.16. The maximum atomic E-state index is 4.16. The van der Waals surface area contributed by atoms with Gasteiger partial charge < -0.3 is 5.32 Å². The molecule has 21 heavy (non-hydrogen) atoms. The summed E-state index contributed by atoms with van der Waals surface area (Å²) in [7, 11) is 0. The standard InChI is InChI=1S/C19H26N2/c1-15(4-2-5-16-6-3-7-16)21-13-17-8-9-19-14-20-11-10-18(19)12-17/h8-12,14-16,21H,2-7,13H2,1H3/t15-/m1/s1. The Morgan fingerprint density at radius 1 is 1.24 bits per heavy atom. The van der Waals surface area contributed by atoms with Gasteiger partial charge in [-0.1, -0.05) is 44.2 Å². The predicted octanol–water partition coefficient (Wildman–Crippen LogP) is 4.68. The first-order valence-corrected chi connectivity index (χ1v) is 8.37. The second-order valence-corrected chi connectivity index (χ2v) is 6.57. The molecule has 0 saturated heterocycles. The van der Waals surface area contributed by atoms with Gasteiger partial charge in [-0.05, 0) is 42.3 Å². The summed E-state index contributed by atoms with van der Waals surface area (Å²) < 4.78 is 0. The number of rotatable bonds is 7. The summed E-state index contributed by atoms with van der Waals surface area (Å²) in [5.74, 6) is 1.05. The van der Waals surface area contributed by atoms with Crippen LogP contribution in [-0.2, 0) is 6.54 Å². The van der Waals surface area contributed by atoms with Crippen molar-refractivity contribution in [2.75, 3.05) is 0 Å². The highest BCUT2D eigenvalue weighted by molar-refractivity contribution is 5.81. The monoisotopic (exact) mass is 282 g/mol. The number of benzene rings is 1. The topological polar surface area (TPSA) is 24.9 Å². The molecule has 1 aromatic carbocycles. The van der Waals surface area contributed by atoms with Crippen molar-refractivity contribution in [1.29, 1.82) is 0 Å². The molecular formula is C19H26N2. The highest BCUT2D eigenvalue weighted by Crippen LogP contribution is 2.30. The van der Waals surface area contributed by atoms with Gasteiger partial charge in [0.1, 0.15) is 0 Å². The zero-order valence-electron chi connectivity index (χ0n) is 13.0. The van der Waals surface area contributed by atoms with Crippen LogP contribution < -0.4 is 5.32 Å². The molecule has 0 bridgehead atoms. The Bertz CT molecular complexity index is 575. The van der Waals surface area contributed by atoms with Crippen LogP contribution in [0.4, 0.5) is 0 Å². The lowest BCUT2D eigenvalue weighted by atomic mass is 9.81. The number of fused-ring (bicyclic) bond motifs is 1. The zero-order chi connectivity index (χ0) is 14.5. The SMILES string of the molecule is C[C@H](CCCC1CCC1)NCc1ccc2cnccc2c1. The summed E-state index contributed by atoms with van der Waals surface area (Å²) in [6, 6.07) is 9.34. The molecule has 0 unspecified atom stereocenters. The molecule has 0 aliphatic heterocycles. The van der Waals surface area contributed by atoms with Crippen molar-refractivity contribution >= 4 is 10.8 Å². The van der Waals surface area contributed by atoms with E-state index in [0.29, 0.717) is 6.04 Å². The first kappa shape index (κ1) is 14.5. The van der Waals surface area contributed by atoms with Gasteiger partial charge in [-0.25, -0.2) is 0 Å². The third-order valence-corrected chi connectivity index (χ3v) is 4.83. The van der Waals surface area contributed by atoms with E-state index in [9.17, 15) is 0 Å². The van der Waals surface area contributed by atoms with E-state index in [1.54, 1.807) is 0 Å². The summed E-state index contributed by atoms with van der Waals surface area (Å²) in [5, 5.41) is 6.15. The molecule has 1 saturated carbocycles. The average Bonchev–Trinajstić information content (AvgIpc) is 2.47. The lowest BCUT2D eigenvalue weighted by Crippen LogP contribution is -2.25. The van der Waals surface area contributed by atoms with Crippen molar-refractivity contribution in [3.05, 3.63) is 42.2 Å². The van der Waals surface area contributed by atoms with Crippen molar-refractivity contribution in [3.8, 4) is 0 Å². The van der Waals surface area contributed by atoms with Gasteiger partial charge in [0.25, 0.3) is 0 Å². The van der Waals surface area contributed by atoms with Gasteiger partial charge in [0, 0.05) is 30.4 Å². The van der Waals surface area contributed by atoms with Crippen LogP contribution in [0.15, 0.2) is 36.7 Å². The summed E-state index contributed by atoms with van der Waals surface area (Å²) in [5.41, 5.74) is 1.36. The minimum absolute atomic E-state index is 0.609. The maximum Gasteiger partial charge on any atom is 0.0346 e. The van der Waals surface area contributed by atoms with Crippen LogP contribution in [0.1, 0.15) is 51.0 Å². The molecule has 0 spiro atoms. The van der Waals surface area contributed by atoms with E-state index in [4.69, 9.17) is 0 Å². The van der Waals surface area contributed by atoms with Crippen molar-refractivity contribution < 1.29 is 0 Å². The van der Waals surface area contributed by atoms with E-state index in [0.717, 1.165) is 12.5 Å². The molecule has 1 N–H and O–H groups in total. The quantitative estimate of drug-likeness (QED) is 0.797. The smallest absolute Gasteiger partial charge is 0.0346 e. The Balaban J connectivity index is 1.44. The van der Waals surface area contributed by atoms with E-state index in [2.05, 4.69) is 41.5 Å². The zero-order valence-corrected chi connectivity index (χ0v) is 13.0. The lowest BCUT2D eigenvalue weighted by molar-refractivity contribution is 0.282. The molecule has 2 heteroatoms. The summed E-state index contributed by atoms with van der Waals surface area (Å²) in [6.45, 7) is 3.27. The second-order valence-electron chi connectivity index (χ2n) is 6.57. The van der Waals surface area contributed by atoms with Crippen LogP contribution in [0.25, 0.3) is 10.8 Å². The van der Waals surface area contributed by atoms with E-state index in [-0.39, 0.29) is 0 Å². The highest BCUT2D eigenvalue weighted by atomic mass is 14.9. The van der Waals surface area contributed by atoms with Crippen molar-refractivity contribution in [3.63, 3.8) is 0 Å². The van der Waals surface area contributed by atoms with E-state index in [1.807, 2.05) is 12.4 Å². The fraction of sp³-hybridized carbons (Fsp3) is 0.526. The van der Waals surface area contributed by atoms with Gasteiger partial charge in [0.05, 0.1) is 0 Å². The van der Waals surface area contributed by atoms with Crippen molar-refractivity contribution in [1.82, 2.24) is 10.3 Å². The van der Waals surface area contributed by atoms with Gasteiger partial charge in [0.2, 0.25) is 0 Å². The third-order valence-electron chi connectivity index (χ3n) is 4.83. The first-order valence-electron chi connectivity index (χ1n) is 8.37. The minimum atomic E-state index is 0.609. The third kappa shape index (κ3) is 4.04. The number of aromatic nitrogens is 1. The molecule has 2 nitrogen and oxygen atoms in total. The Morgan fingerprint density at radius 3 is 2.95 bits per heavy atom. The molecule has 3 rings (SSSR count). The first-order chi connectivity index (χ1) is 10.3. The normalized spacial score (nSPS) is 16.8. The van der Waals surface area contributed by atoms with Gasteiger partial charge >= 0.3 is 0 Å². The molecule has 0 amide bonds. The van der Waals surface area contributed by atoms with Gasteiger partial charge in [0.15, 0.2) is 0 Å². The molecule has 1 fully saturated rings. The molecule has 2 aromatic rings. The Hall–Kier alpha value is -1.41.